The van der Waals surface area contributed by atoms with E-state index in [0.717, 1.165) is 6.17 Å². The van der Waals surface area contributed by atoms with Gasteiger partial charge in [0.15, 0.2) is 0 Å². The summed E-state index contributed by atoms with van der Waals surface area (Å²) < 4.78 is 15.9. The second-order valence-electron chi connectivity index (χ2n) is 4.43. The molecule has 1 N–H and O–H groups in total. The number of benzene rings is 1. The van der Waals surface area contributed by atoms with Crippen LogP contribution in [0.1, 0.15) is 20.8 Å². The van der Waals surface area contributed by atoms with Crippen LogP contribution in [0, 0.1) is 12.2 Å². The first-order chi connectivity index (χ1) is 7.92. The Balaban J connectivity index is 0.000000196. The summed E-state index contributed by atoms with van der Waals surface area (Å²) in [5.41, 5.74) is 2.27. The number of hydrogen-bond acceptors (Lipinski definition) is 2. The largest absolute Gasteiger partial charge is 0.443 e. The zero-order valence-electron chi connectivity index (χ0n) is 10.0. The molecule has 0 aromatic heterocycles. The van der Waals surface area contributed by atoms with Crippen LogP contribution in [0.25, 0.3) is 11.1 Å². The smallest absolute Gasteiger partial charge is 0.419 e. The molecule has 90 valence electrons. The van der Waals surface area contributed by atoms with E-state index in [2.05, 4.69) is 24.3 Å². The van der Waals surface area contributed by atoms with Gasteiger partial charge in [0.2, 0.25) is 0 Å². The predicted molar refractivity (Wildman–Crippen MR) is 63.7 cm³/mol. The third-order valence-corrected chi connectivity index (χ3v) is 1.72. The van der Waals surface area contributed by atoms with Gasteiger partial charge in [-0.25, -0.2) is 10.1 Å². The van der Waals surface area contributed by atoms with Crippen LogP contribution in [0.3, 0.4) is 0 Å². The van der Waals surface area contributed by atoms with E-state index in [0.29, 0.717) is 0 Å². The minimum Gasteiger partial charge on any atom is -0.443 e. The molecule has 17 heavy (non-hydrogen) atoms. The minimum absolute atomic E-state index is 0.581. The lowest BCUT2D eigenvalue weighted by Gasteiger charge is -2.18. The molecule has 2 rings (SSSR count). The fraction of sp³-hybridized carbons (Fsp3) is 0.308. The van der Waals surface area contributed by atoms with Crippen LogP contribution in [-0.4, -0.2) is 11.7 Å². The van der Waals surface area contributed by atoms with Gasteiger partial charge in [0.1, 0.15) is 11.8 Å². The molecule has 0 spiro atoms. The highest BCUT2D eigenvalue weighted by Gasteiger charge is 2.14. The number of ether oxygens (including phenoxy) is 1. The Kier molecular flexibility index (Phi) is 4.11. The number of nitrogens with one attached hydrogen (secondary N) is 1. The van der Waals surface area contributed by atoms with Crippen LogP contribution in [0.4, 0.5) is 9.18 Å². The van der Waals surface area contributed by atoms with Gasteiger partial charge in [-0.2, -0.15) is 0 Å². The molecule has 4 heteroatoms. The predicted octanol–water partition coefficient (Wildman–Crippen LogP) is 3.07. The van der Waals surface area contributed by atoms with Crippen molar-refractivity contribution in [2.45, 2.75) is 26.4 Å². The lowest BCUT2D eigenvalue weighted by Crippen LogP contribution is -2.29. The highest BCUT2D eigenvalue weighted by atomic mass is 19.1. The highest BCUT2D eigenvalue weighted by molar-refractivity contribution is 5.80. The van der Waals surface area contributed by atoms with Crippen molar-refractivity contribution in [2.24, 2.45) is 0 Å². The third kappa shape index (κ3) is 5.57. The first kappa shape index (κ1) is 13.0. The normalized spacial score (nSPS) is 10.1. The molecule has 2 aliphatic rings. The Morgan fingerprint density at radius 1 is 1.35 bits per heavy atom. The fourth-order valence-electron chi connectivity index (χ4n) is 1.05. The highest BCUT2D eigenvalue weighted by Crippen LogP contribution is 2.32. The lowest BCUT2D eigenvalue weighted by molar-refractivity contribution is 0.0557. The summed E-state index contributed by atoms with van der Waals surface area (Å²) >= 11 is 0. The molecule has 3 nitrogen and oxygen atoms in total. The maximum Gasteiger partial charge on any atom is 0.419 e. The lowest BCUT2D eigenvalue weighted by atomic mass is 10.2. The molecule has 2 aliphatic carbocycles. The third-order valence-electron chi connectivity index (χ3n) is 1.72. The van der Waals surface area contributed by atoms with Crippen molar-refractivity contribution in [3.05, 3.63) is 24.3 Å². The van der Waals surface area contributed by atoms with Crippen molar-refractivity contribution in [2.75, 3.05) is 0 Å². The van der Waals surface area contributed by atoms with E-state index in [4.69, 9.17) is 4.74 Å². The Morgan fingerprint density at radius 2 is 1.94 bits per heavy atom. The number of fused-ring (bicyclic) bond motifs is 1. The number of halogens is 1. The molecule has 0 heterocycles. The van der Waals surface area contributed by atoms with Crippen LogP contribution in [0.2, 0.25) is 0 Å². The summed E-state index contributed by atoms with van der Waals surface area (Å²) in [6, 6.07) is 10.2. The molecule has 0 aliphatic heterocycles. The van der Waals surface area contributed by atoms with E-state index in [9.17, 15) is 9.18 Å². The standard InChI is InChI=1S/C7H10FNO2.C6H4/c1-7(2,3)11-6(10)9-5-4-8;1-2-5-4-6(5)3-1/h1-3H3,(H,9,10);1-4H. The van der Waals surface area contributed by atoms with E-state index in [-0.39, 0.29) is 0 Å². The van der Waals surface area contributed by atoms with E-state index in [1.807, 2.05) is 5.32 Å². The Morgan fingerprint density at radius 3 is 2.24 bits per heavy atom. The molecule has 0 saturated heterocycles. The van der Waals surface area contributed by atoms with Crippen molar-refractivity contribution in [1.29, 1.82) is 0 Å². The molecule has 0 aromatic rings. The molecule has 1 amide bonds. The van der Waals surface area contributed by atoms with Crippen LogP contribution in [-0.2, 0) is 4.74 Å². The Labute approximate surface area is 100.0 Å². The van der Waals surface area contributed by atoms with Crippen molar-refractivity contribution in [1.82, 2.24) is 5.32 Å². The SMILES string of the molecule is CC(C)(C)OC(=O)NC#CF.c1cc2cc-2c1. The molecule has 0 unspecified atom stereocenters. The Hall–Kier alpha value is -2.02. The molecular formula is C13H14FNO2. The van der Waals surface area contributed by atoms with Gasteiger partial charge in [-0.15, -0.1) is 4.39 Å². The summed E-state index contributed by atoms with van der Waals surface area (Å²) in [4.78, 5) is 10.6. The first-order valence-electron chi connectivity index (χ1n) is 5.12. The molecule has 0 aromatic carbocycles. The summed E-state index contributed by atoms with van der Waals surface area (Å²) in [6.07, 6.45) is 0.275. The van der Waals surface area contributed by atoms with Crippen LogP contribution in [0.5, 0.6) is 0 Å². The van der Waals surface area contributed by atoms with Gasteiger partial charge >= 0.3 is 6.09 Å². The zero-order chi connectivity index (χ0) is 12.9. The van der Waals surface area contributed by atoms with Crippen molar-refractivity contribution >= 4 is 6.09 Å². The molecule has 0 radical (unpaired) electrons. The number of carbonyl (C=O) groups is 1. The topological polar surface area (TPSA) is 38.3 Å². The van der Waals surface area contributed by atoms with Gasteiger partial charge < -0.3 is 4.74 Å². The Bertz CT molecular complexity index is 449. The summed E-state index contributed by atoms with van der Waals surface area (Å²) in [7, 11) is 0. The van der Waals surface area contributed by atoms with E-state index < -0.39 is 11.7 Å². The zero-order valence-corrected chi connectivity index (χ0v) is 10.0. The number of rotatable bonds is 0. The fourth-order valence-corrected chi connectivity index (χ4v) is 1.05. The maximum atomic E-state index is 11.2. The van der Waals surface area contributed by atoms with Crippen LogP contribution < -0.4 is 5.32 Å². The second-order valence-corrected chi connectivity index (χ2v) is 4.43. The summed E-state index contributed by atoms with van der Waals surface area (Å²) in [5.74, 6) is 0. The van der Waals surface area contributed by atoms with Crippen molar-refractivity contribution in [3.8, 4) is 23.3 Å². The minimum atomic E-state index is -0.748. The number of amides is 1. The van der Waals surface area contributed by atoms with Gasteiger partial charge in [-0.1, -0.05) is 18.2 Å². The molecule has 0 saturated carbocycles. The van der Waals surface area contributed by atoms with E-state index >= 15 is 0 Å². The summed E-state index contributed by atoms with van der Waals surface area (Å²) in [5, 5.41) is 1.89. The second kappa shape index (κ2) is 5.35. The van der Waals surface area contributed by atoms with Gasteiger partial charge in [0.25, 0.3) is 0 Å². The van der Waals surface area contributed by atoms with Gasteiger partial charge in [-0.05, 0) is 38.0 Å². The number of alkyl carbamates (subject to hydrolysis) is 1. The van der Waals surface area contributed by atoms with Gasteiger partial charge in [0.05, 0.1) is 6.04 Å². The van der Waals surface area contributed by atoms with Crippen molar-refractivity contribution < 1.29 is 13.9 Å². The van der Waals surface area contributed by atoms with Gasteiger partial charge in [-0.3, -0.25) is 0 Å². The maximum absolute atomic E-state index is 11.2. The van der Waals surface area contributed by atoms with Crippen LogP contribution >= 0.6 is 0 Å². The average molecular weight is 235 g/mol. The molecule has 0 fully saturated rings. The molecule has 0 bridgehead atoms. The van der Waals surface area contributed by atoms with Crippen molar-refractivity contribution in [3.63, 3.8) is 0 Å². The number of hydrogen-bond donors (Lipinski definition) is 1. The van der Waals surface area contributed by atoms with Gasteiger partial charge in [0, 0.05) is 0 Å². The monoisotopic (exact) mass is 235 g/mol. The first-order valence-corrected chi connectivity index (χ1v) is 5.12. The molecule has 0 atom stereocenters. The quantitative estimate of drug-likeness (QED) is 0.563. The average Bonchev–Trinajstić information content (AvgIpc) is 2.81. The summed E-state index contributed by atoms with van der Waals surface area (Å²) in [6.45, 7) is 5.11. The van der Waals surface area contributed by atoms with E-state index in [1.165, 1.54) is 11.1 Å². The molecular weight excluding hydrogens is 221 g/mol. The van der Waals surface area contributed by atoms with Crippen LogP contribution in [0.15, 0.2) is 24.3 Å². The number of carbonyl (C=O) groups excluding carboxylic acids is 1. The van der Waals surface area contributed by atoms with E-state index in [1.54, 1.807) is 26.8 Å².